The van der Waals surface area contributed by atoms with Crippen molar-refractivity contribution in [2.45, 2.75) is 19.9 Å². The van der Waals surface area contributed by atoms with Crippen LogP contribution in [-0.2, 0) is 9.59 Å². The van der Waals surface area contributed by atoms with Crippen LogP contribution in [0, 0.1) is 5.41 Å². The Balaban J connectivity index is 4.97. The number of aliphatic hydroxyl groups excluding tert-OH is 1. The van der Waals surface area contributed by atoms with Crippen LogP contribution in [0.2, 0.25) is 0 Å². The van der Waals surface area contributed by atoms with Crippen LogP contribution >= 0.6 is 0 Å². The molecule has 5 heteroatoms. The predicted octanol–water partition coefficient (Wildman–Crippen LogP) is -0.457. The van der Waals surface area contributed by atoms with Gasteiger partial charge in [0.05, 0.1) is 5.41 Å². The number of carbonyl (C=O) groups is 2. The fourth-order valence-electron chi connectivity index (χ4n) is 0.353. The van der Waals surface area contributed by atoms with Gasteiger partial charge in [0, 0.05) is 2.74 Å². The molecule has 0 spiro atoms. The van der Waals surface area contributed by atoms with Crippen LogP contribution in [0.5, 0.6) is 0 Å². The van der Waals surface area contributed by atoms with Crippen molar-refractivity contribution >= 4 is 11.9 Å². The smallest absolute Gasteiger partial charge is 0.333 e. The molecule has 0 fully saturated rings. The number of hydrogen-bond acceptors (Lipinski definition) is 3. The maximum Gasteiger partial charge on any atom is 0.333 e. The fourth-order valence-corrected chi connectivity index (χ4v) is 0.353. The van der Waals surface area contributed by atoms with Crippen molar-refractivity contribution in [1.82, 2.24) is 0 Å². The van der Waals surface area contributed by atoms with E-state index in [4.69, 9.17) is 18.1 Å². The van der Waals surface area contributed by atoms with Gasteiger partial charge in [0.1, 0.15) is 0 Å². The van der Waals surface area contributed by atoms with E-state index in [0.717, 1.165) is 0 Å². The van der Waals surface area contributed by atoms with E-state index < -0.39 is 37.3 Å². The molecule has 0 aromatic rings. The molecular formula is C6H10O5. The van der Waals surface area contributed by atoms with Crippen LogP contribution in [0.1, 0.15) is 16.5 Å². The summed E-state index contributed by atoms with van der Waals surface area (Å²) in [5.41, 5.74) is -2.23. The number of rotatable bonds is 3. The zero-order chi connectivity index (χ0) is 10.6. The molecule has 64 valence electrons. The quantitative estimate of drug-likeness (QED) is 0.524. The molecule has 0 aliphatic rings. The highest BCUT2D eigenvalue weighted by Crippen LogP contribution is 2.20. The molecule has 0 rings (SSSR count). The van der Waals surface area contributed by atoms with E-state index in [-0.39, 0.29) is 0 Å². The zero-order valence-corrected chi connectivity index (χ0v) is 5.65. The minimum atomic E-state index is -2.23. The summed E-state index contributed by atoms with van der Waals surface area (Å²) in [6, 6.07) is 0. The Labute approximate surface area is 66.1 Å². The normalized spacial score (nSPS) is 16.5. The summed E-state index contributed by atoms with van der Waals surface area (Å²) < 4.78 is 13.7. The van der Waals surface area contributed by atoms with Crippen molar-refractivity contribution in [3.8, 4) is 0 Å². The predicted molar refractivity (Wildman–Crippen MR) is 35.1 cm³/mol. The third-order valence-electron chi connectivity index (χ3n) is 1.18. The number of aliphatic carboxylic acids is 2. The topological polar surface area (TPSA) is 94.8 Å². The van der Waals surface area contributed by atoms with Crippen LogP contribution in [-0.4, -0.2) is 33.4 Å². The Hall–Kier alpha value is -1.10. The third-order valence-corrected chi connectivity index (χ3v) is 1.18. The lowest BCUT2D eigenvalue weighted by molar-refractivity contribution is -0.166. The molecule has 0 aromatic carbocycles. The highest BCUT2D eigenvalue weighted by atomic mass is 16.4. The van der Waals surface area contributed by atoms with Crippen LogP contribution in [0.25, 0.3) is 0 Å². The molecule has 0 saturated carbocycles. The summed E-state index contributed by atoms with van der Waals surface area (Å²) in [7, 11) is 0. The Kier molecular flexibility index (Phi) is 1.72. The molecule has 0 heterocycles. The van der Waals surface area contributed by atoms with Crippen molar-refractivity contribution < 1.29 is 27.7 Å². The SMILES string of the molecule is [2H]CC(C[2H])(C(=O)O)[C@H](O)C(=O)O. The second-order valence-electron chi connectivity index (χ2n) is 2.20. The molecule has 0 radical (unpaired) electrons. The summed E-state index contributed by atoms with van der Waals surface area (Å²) in [6.07, 6.45) is -2.22. The van der Waals surface area contributed by atoms with Gasteiger partial charge in [-0.3, -0.25) is 4.79 Å². The van der Waals surface area contributed by atoms with E-state index in [0.29, 0.717) is 0 Å². The number of hydrogen-bond donors (Lipinski definition) is 3. The average Bonchev–Trinajstić information content (AvgIpc) is 2.06. The molecule has 0 unspecified atom stereocenters. The number of aliphatic hydroxyl groups is 1. The van der Waals surface area contributed by atoms with Gasteiger partial charge < -0.3 is 15.3 Å². The standard InChI is InChI=1S/C6H10O5/c1-6(2,5(10)11)3(7)4(8)9/h3,7H,1-2H3,(H,8,9)(H,10,11)/t3-/m1/s1/i1D,2D. The highest BCUT2D eigenvalue weighted by Gasteiger charge is 2.40. The van der Waals surface area contributed by atoms with E-state index in [1.54, 1.807) is 0 Å². The molecule has 5 nitrogen and oxygen atoms in total. The average molecular weight is 164 g/mol. The monoisotopic (exact) mass is 164 g/mol. The van der Waals surface area contributed by atoms with E-state index in [2.05, 4.69) is 0 Å². The van der Waals surface area contributed by atoms with Crippen molar-refractivity contribution in [3.63, 3.8) is 0 Å². The van der Waals surface area contributed by atoms with Crippen molar-refractivity contribution in [3.05, 3.63) is 0 Å². The van der Waals surface area contributed by atoms with Gasteiger partial charge in [0.2, 0.25) is 0 Å². The maximum absolute atomic E-state index is 10.6. The minimum absolute atomic E-state index is 0.848. The number of carboxylic acids is 2. The molecule has 0 bridgehead atoms. The van der Waals surface area contributed by atoms with Gasteiger partial charge in [-0.15, -0.1) is 0 Å². The Morgan fingerprint density at radius 2 is 1.91 bits per heavy atom. The van der Waals surface area contributed by atoms with Crippen molar-refractivity contribution in [2.75, 3.05) is 0 Å². The van der Waals surface area contributed by atoms with E-state index in [9.17, 15) is 9.59 Å². The summed E-state index contributed by atoms with van der Waals surface area (Å²) in [4.78, 5) is 20.9. The van der Waals surface area contributed by atoms with Crippen LogP contribution < -0.4 is 0 Å². The van der Waals surface area contributed by atoms with Gasteiger partial charge in [0.15, 0.2) is 6.10 Å². The molecule has 0 aliphatic carbocycles. The summed E-state index contributed by atoms with van der Waals surface area (Å²) >= 11 is 0. The van der Waals surface area contributed by atoms with Crippen LogP contribution in [0.4, 0.5) is 0 Å². The lowest BCUT2D eigenvalue weighted by Gasteiger charge is -2.21. The van der Waals surface area contributed by atoms with E-state index in [1.165, 1.54) is 0 Å². The first-order valence-corrected chi connectivity index (χ1v) is 2.65. The fraction of sp³-hybridized carbons (Fsp3) is 0.667. The molecular weight excluding hydrogens is 152 g/mol. The molecule has 0 saturated heterocycles. The third kappa shape index (κ3) is 1.91. The Bertz CT molecular complexity index is 213. The largest absolute Gasteiger partial charge is 0.481 e. The molecule has 11 heavy (non-hydrogen) atoms. The Morgan fingerprint density at radius 1 is 1.45 bits per heavy atom. The molecule has 0 aromatic heterocycles. The van der Waals surface area contributed by atoms with Gasteiger partial charge in [-0.1, -0.05) is 0 Å². The zero-order valence-electron chi connectivity index (χ0n) is 7.65. The van der Waals surface area contributed by atoms with Gasteiger partial charge in [0.25, 0.3) is 0 Å². The molecule has 0 aliphatic heterocycles. The molecule has 3 N–H and O–H groups in total. The van der Waals surface area contributed by atoms with Crippen molar-refractivity contribution in [1.29, 1.82) is 0 Å². The second kappa shape index (κ2) is 2.87. The van der Waals surface area contributed by atoms with Crippen molar-refractivity contribution in [2.24, 2.45) is 5.41 Å². The van der Waals surface area contributed by atoms with Crippen LogP contribution in [0.15, 0.2) is 0 Å². The van der Waals surface area contributed by atoms with Gasteiger partial charge >= 0.3 is 11.9 Å². The first kappa shape index (κ1) is 6.60. The molecule has 0 amide bonds. The lowest BCUT2D eigenvalue weighted by atomic mass is 9.87. The summed E-state index contributed by atoms with van der Waals surface area (Å²) in [5.74, 6) is -3.38. The van der Waals surface area contributed by atoms with Gasteiger partial charge in [-0.25, -0.2) is 4.79 Å². The maximum atomic E-state index is 10.6. The second-order valence-corrected chi connectivity index (χ2v) is 2.20. The summed E-state index contributed by atoms with van der Waals surface area (Å²) in [5, 5.41) is 25.9. The van der Waals surface area contributed by atoms with E-state index in [1.807, 2.05) is 0 Å². The summed E-state index contributed by atoms with van der Waals surface area (Å²) in [6.45, 7) is -1.70. The first-order chi connectivity index (χ1) is 5.92. The highest BCUT2D eigenvalue weighted by molar-refractivity contribution is 5.84. The van der Waals surface area contributed by atoms with Gasteiger partial charge in [-0.2, -0.15) is 0 Å². The Morgan fingerprint density at radius 3 is 2.00 bits per heavy atom. The lowest BCUT2D eigenvalue weighted by Crippen LogP contribution is -2.42. The van der Waals surface area contributed by atoms with Gasteiger partial charge in [-0.05, 0) is 13.8 Å². The molecule has 1 atom stereocenters. The first-order valence-electron chi connectivity index (χ1n) is 4.06. The van der Waals surface area contributed by atoms with Crippen LogP contribution in [0.3, 0.4) is 0 Å². The number of carboxylic acid groups (broad SMARTS) is 2. The van der Waals surface area contributed by atoms with E-state index >= 15 is 0 Å². The minimum Gasteiger partial charge on any atom is -0.481 e.